The smallest absolute Gasteiger partial charge is 0.155 e. The predicted octanol–water partition coefficient (Wildman–Crippen LogP) is 5.13. The van der Waals surface area contributed by atoms with Crippen LogP contribution in [-0.4, -0.2) is 32.8 Å². The number of aryl methyl sites for hydroxylation is 1. The Morgan fingerprint density at radius 3 is 2.57 bits per heavy atom. The number of halogens is 2. The minimum absolute atomic E-state index is 0.129. The molecular weight excluding hydrogens is 395 g/mol. The molecule has 28 heavy (non-hydrogen) atoms. The molecule has 0 bridgehead atoms. The van der Waals surface area contributed by atoms with Gasteiger partial charge in [0.15, 0.2) is 5.82 Å². The van der Waals surface area contributed by atoms with Crippen LogP contribution in [0, 0.1) is 12.3 Å². The second-order valence-electron chi connectivity index (χ2n) is 8.21. The van der Waals surface area contributed by atoms with E-state index >= 15 is 0 Å². The van der Waals surface area contributed by atoms with Crippen molar-refractivity contribution < 1.29 is 5.11 Å². The highest BCUT2D eigenvalue weighted by Gasteiger charge is 2.28. The molecule has 0 saturated carbocycles. The van der Waals surface area contributed by atoms with E-state index in [0.717, 1.165) is 54.2 Å². The summed E-state index contributed by atoms with van der Waals surface area (Å²) < 4.78 is 1.85. The molecule has 5 nitrogen and oxygen atoms in total. The van der Waals surface area contributed by atoms with E-state index in [0.29, 0.717) is 21.2 Å². The lowest BCUT2D eigenvalue weighted by Crippen LogP contribution is -2.38. The molecule has 1 aromatic carbocycles. The zero-order chi connectivity index (χ0) is 20.1. The summed E-state index contributed by atoms with van der Waals surface area (Å²) in [5, 5.41) is 15.3. The van der Waals surface area contributed by atoms with E-state index in [1.165, 1.54) is 0 Å². The molecule has 2 aromatic heterocycles. The van der Waals surface area contributed by atoms with Crippen LogP contribution in [-0.2, 0) is 6.61 Å². The van der Waals surface area contributed by atoms with Crippen molar-refractivity contribution in [1.82, 2.24) is 14.6 Å². The van der Waals surface area contributed by atoms with E-state index in [2.05, 4.69) is 23.8 Å². The average molecular weight is 419 g/mol. The Morgan fingerprint density at radius 2 is 1.89 bits per heavy atom. The zero-order valence-corrected chi connectivity index (χ0v) is 17.8. The molecule has 7 heteroatoms. The first-order chi connectivity index (χ1) is 13.3. The van der Waals surface area contributed by atoms with Crippen LogP contribution >= 0.6 is 23.2 Å². The number of benzene rings is 1. The van der Waals surface area contributed by atoms with Gasteiger partial charge < -0.3 is 10.0 Å². The van der Waals surface area contributed by atoms with Gasteiger partial charge in [-0.2, -0.15) is 5.10 Å². The van der Waals surface area contributed by atoms with Gasteiger partial charge in [0, 0.05) is 18.7 Å². The Labute approximate surface area is 174 Å². The fraction of sp³-hybridized carbons (Fsp3) is 0.429. The quantitative estimate of drug-likeness (QED) is 0.640. The van der Waals surface area contributed by atoms with E-state index in [-0.39, 0.29) is 6.61 Å². The highest BCUT2D eigenvalue weighted by molar-refractivity contribution is 6.43. The van der Waals surface area contributed by atoms with Gasteiger partial charge in [-0.25, -0.2) is 9.50 Å². The van der Waals surface area contributed by atoms with Crippen LogP contribution in [0.25, 0.3) is 16.8 Å². The van der Waals surface area contributed by atoms with E-state index < -0.39 is 0 Å². The third-order valence-corrected chi connectivity index (χ3v) is 6.42. The van der Waals surface area contributed by atoms with E-state index in [9.17, 15) is 5.11 Å². The van der Waals surface area contributed by atoms with E-state index in [1.54, 1.807) is 6.07 Å². The molecule has 148 valence electrons. The summed E-state index contributed by atoms with van der Waals surface area (Å²) in [7, 11) is 0. The van der Waals surface area contributed by atoms with Gasteiger partial charge in [0.25, 0.3) is 0 Å². The normalized spacial score (nSPS) is 16.7. The Kier molecular flexibility index (Phi) is 5.02. The molecule has 3 heterocycles. The van der Waals surface area contributed by atoms with E-state index in [1.807, 2.05) is 29.6 Å². The molecule has 0 spiro atoms. The van der Waals surface area contributed by atoms with Gasteiger partial charge in [0.2, 0.25) is 0 Å². The maximum atomic E-state index is 9.68. The van der Waals surface area contributed by atoms with Gasteiger partial charge in [0.05, 0.1) is 33.7 Å². The first-order valence-electron chi connectivity index (χ1n) is 9.50. The number of nitrogens with zero attached hydrogens (tertiary/aromatic N) is 4. The number of piperidine rings is 1. The van der Waals surface area contributed by atoms with Crippen molar-refractivity contribution in [3.05, 3.63) is 45.7 Å². The number of hydrogen-bond acceptors (Lipinski definition) is 4. The van der Waals surface area contributed by atoms with Crippen LogP contribution in [0.2, 0.25) is 10.0 Å². The Morgan fingerprint density at radius 1 is 1.18 bits per heavy atom. The molecule has 0 atom stereocenters. The summed E-state index contributed by atoms with van der Waals surface area (Å²) in [6.07, 6.45) is 2.23. The number of fused-ring (bicyclic) bond motifs is 1. The monoisotopic (exact) mass is 418 g/mol. The average Bonchev–Trinajstić information content (AvgIpc) is 3.08. The Bertz CT molecular complexity index is 1030. The molecule has 3 aromatic rings. The Hall–Kier alpha value is -1.82. The van der Waals surface area contributed by atoms with Crippen molar-refractivity contribution in [2.24, 2.45) is 5.41 Å². The largest absolute Gasteiger partial charge is 0.390 e. The van der Waals surface area contributed by atoms with Crippen molar-refractivity contribution in [2.45, 2.75) is 40.2 Å². The summed E-state index contributed by atoms with van der Waals surface area (Å²) in [5.74, 6) is 0.905. The van der Waals surface area contributed by atoms with Crippen LogP contribution in [0.1, 0.15) is 38.1 Å². The van der Waals surface area contributed by atoms with Crippen molar-refractivity contribution in [2.75, 3.05) is 18.0 Å². The molecule has 1 N–H and O–H groups in total. The highest BCUT2D eigenvalue weighted by atomic mass is 35.5. The van der Waals surface area contributed by atoms with Gasteiger partial charge in [-0.05, 0) is 37.3 Å². The van der Waals surface area contributed by atoms with Crippen LogP contribution in [0.3, 0.4) is 0 Å². The lowest BCUT2D eigenvalue weighted by Gasteiger charge is -2.38. The van der Waals surface area contributed by atoms with Crippen molar-refractivity contribution in [3.8, 4) is 11.3 Å². The van der Waals surface area contributed by atoms with Gasteiger partial charge in [-0.1, -0.05) is 49.2 Å². The summed E-state index contributed by atoms with van der Waals surface area (Å²) in [6, 6.07) is 7.45. The fourth-order valence-electron chi connectivity index (χ4n) is 3.81. The van der Waals surface area contributed by atoms with Crippen molar-refractivity contribution >= 4 is 34.5 Å². The summed E-state index contributed by atoms with van der Waals surface area (Å²) in [5.41, 5.74) is 4.23. The number of aliphatic hydroxyl groups excluding tert-OH is 1. The molecular formula is C21H24Cl2N4O. The summed E-state index contributed by atoms with van der Waals surface area (Å²) in [4.78, 5) is 7.27. The van der Waals surface area contributed by atoms with E-state index in [4.69, 9.17) is 28.2 Å². The summed E-state index contributed by atoms with van der Waals surface area (Å²) >= 11 is 12.7. The molecule has 0 amide bonds. The van der Waals surface area contributed by atoms with Crippen molar-refractivity contribution in [3.63, 3.8) is 0 Å². The molecule has 0 aliphatic carbocycles. The van der Waals surface area contributed by atoms with Crippen LogP contribution in [0.4, 0.5) is 5.82 Å². The molecule has 0 unspecified atom stereocenters. The number of hydrogen-bond donors (Lipinski definition) is 1. The first kappa shape index (κ1) is 19.5. The lowest BCUT2D eigenvalue weighted by atomic mass is 9.83. The third-order valence-electron chi connectivity index (χ3n) is 5.60. The SMILES string of the molecule is Cc1nc(N2CCC(C)(C)CC2)c2cc(CO)nn2c1-c1cccc(Cl)c1Cl. The van der Waals surface area contributed by atoms with Crippen molar-refractivity contribution in [1.29, 1.82) is 0 Å². The minimum atomic E-state index is -0.129. The molecule has 4 rings (SSSR count). The standard InChI is InChI=1S/C21H24Cl2N4O/c1-13-19(15-5-4-6-16(22)18(15)23)27-17(11-14(12-28)25-27)20(24-13)26-9-7-21(2,3)8-10-26/h4-6,11,28H,7-10,12H2,1-3H3. The summed E-state index contributed by atoms with van der Waals surface area (Å²) in [6.45, 7) is 8.36. The van der Waals surface area contributed by atoms with Gasteiger partial charge in [0.1, 0.15) is 5.52 Å². The fourth-order valence-corrected chi connectivity index (χ4v) is 4.20. The number of aromatic nitrogens is 3. The van der Waals surface area contributed by atoms with Crippen LogP contribution < -0.4 is 4.90 Å². The highest BCUT2D eigenvalue weighted by Crippen LogP contribution is 2.38. The molecule has 1 aliphatic rings. The number of aliphatic hydroxyl groups is 1. The lowest BCUT2D eigenvalue weighted by molar-refractivity contribution is 0.276. The second-order valence-corrected chi connectivity index (χ2v) is 9.00. The number of rotatable bonds is 3. The first-order valence-corrected chi connectivity index (χ1v) is 10.3. The molecule has 0 radical (unpaired) electrons. The van der Waals surface area contributed by atoms with Gasteiger partial charge in [-0.15, -0.1) is 0 Å². The van der Waals surface area contributed by atoms with Crippen LogP contribution in [0.5, 0.6) is 0 Å². The second kappa shape index (κ2) is 7.21. The van der Waals surface area contributed by atoms with Crippen LogP contribution in [0.15, 0.2) is 24.3 Å². The maximum Gasteiger partial charge on any atom is 0.155 e. The third kappa shape index (κ3) is 3.36. The maximum absolute atomic E-state index is 9.68. The number of anilines is 1. The molecule has 1 fully saturated rings. The molecule has 1 saturated heterocycles. The van der Waals surface area contributed by atoms with Gasteiger partial charge in [-0.3, -0.25) is 0 Å². The minimum Gasteiger partial charge on any atom is -0.390 e. The zero-order valence-electron chi connectivity index (χ0n) is 16.3. The predicted molar refractivity (Wildman–Crippen MR) is 114 cm³/mol. The topological polar surface area (TPSA) is 53.7 Å². The Balaban J connectivity index is 1.91. The van der Waals surface area contributed by atoms with Gasteiger partial charge >= 0.3 is 0 Å². The molecule has 1 aliphatic heterocycles.